The molecule has 0 saturated carbocycles. The number of hydrogen-bond acceptors (Lipinski definition) is 11. The normalized spacial score (nSPS) is 10.8. The zero-order valence-corrected chi connectivity index (χ0v) is 18.1. The Bertz CT molecular complexity index is 1390. The summed E-state index contributed by atoms with van der Waals surface area (Å²) in [5, 5.41) is 26.8. The summed E-state index contributed by atoms with van der Waals surface area (Å²) in [6.07, 6.45) is 1.91. The Morgan fingerprint density at radius 1 is 0.879 bits per heavy atom. The Morgan fingerprint density at radius 3 is 1.76 bits per heavy atom. The molecule has 0 aliphatic carbocycles. The van der Waals surface area contributed by atoms with E-state index in [0.29, 0.717) is 50.6 Å². The van der Waals surface area contributed by atoms with Gasteiger partial charge in [0, 0.05) is 25.2 Å². The predicted molar refractivity (Wildman–Crippen MR) is 114 cm³/mol. The lowest BCUT2D eigenvalue weighted by atomic mass is 10.1. The van der Waals surface area contributed by atoms with Crippen LogP contribution in [0.25, 0.3) is 22.1 Å². The second-order valence-electron chi connectivity index (χ2n) is 6.57. The number of benzene rings is 2. The van der Waals surface area contributed by atoms with E-state index >= 15 is 0 Å². The van der Waals surface area contributed by atoms with Gasteiger partial charge >= 0.3 is 11.9 Å². The van der Waals surface area contributed by atoms with Gasteiger partial charge in [-0.15, -0.1) is 10.2 Å². The van der Waals surface area contributed by atoms with Crippen molar-refractivity contribution >= 4 is 46.5 Å². The molecule has 0 radical (unpaired) electrons. The Hall–Kier alpha value is -4.68. The van der Waals surface area contributed by atoms with Gasteiger partial charge < -0.3 is 14.7 Å². The molecule has 0 bridgehead atoms. The largest absolute Gasteiger partial charge is 0.465 e. The van der Waals surface area contributed by atoms with Crippen LogP contribution in [0.4, 0.5) is 0 Å². The van der Waals surface area contributed by atoms with Crippen LogP contribution in [0, 0.1) is 0 Å². The second-order valence-corrected chi connectivity index (χ2v) is 6.57. The summed E-state index contributed by atoms with van der Waals surface area (Å²) in [7, 11) is 5.92. The van der Waals surface area contributed by atoms with Crippen LogP contribution in [0.1, 0.15) is 36.6 Å². The van der Waals surface area contributed by atoms with Gasteiger partial charge in [0.25, 0.3) is 0 Å². The number of aromatic nitrogens is 6. The fraction of sp³-hybridized carbons (Fsp3) is 0.200. The summed E-state index contributed by atoms with van der Waals surface area (Å²) in [6, 6.07) is 6.25. The van der Waals surface area contributed by atoms with Crippen molar-refractivity contribution < 1.29 is 29.1 Å². The third-order valence-corrected chi connectivity index (χ3v) is 4.70. The van der Waals surface area contributed by atoms with Crippen LogP contribution in [0.3, 0.4) is 0 Å². The number of carbonyl (C=O) groups is 3. The molecule has 0 atom stereocenters. The van der Waals surface area contributed by atoms with E-state index in [0.717, 1.165) is 0 Å². The van der Waals surface area contributed by atoms with Gasteiger partial charge in [0.15, 0.2) is 6.29 Å². The molecule has 2 aromatic carbocycles. The Labute approximate surface area is 186 Å². The molecule has 0 unspecified atom stereocenters. The number of hydrogen-bond donors (Lipinski definition) is 1. The molecule has 0 spiro atoms. The first-order valence-corrected chi connectivity index (χ1v) is 9.31. The predicted octanol–water partition coefficient (Wildman–Crippen LogP) is 1.13. The average molecular weight is 453 g/mol. The van der Waals surface area contributed by atoms with Crippen LogP contribution < -0.4 is 0 Å². The van der Waals surface area contributed by atoms with Gasteiger partial charge in [-0.25, -0.2) is 19.0 Å². The van der Waals surface area contributed by atoms with Crippen molar-refractivity contribution in [2.24, 2.45) is 19.3 Å². The standard InChI is InChI=1S/C10H10N4O3.C10H9N3O3/c1-14-9-7(10(15)17-2)4-3-6(5-11-16)8(9)12-13-14;1-13-9-7(10(15)16-2)4-3-6(5-14)8(9)11-12-13/h3-5,16H,1-2H3;3-5H,1-2H3/b11-5+;. The third kappa shape index (κ3) is 4.23. The maximum absolute atomic E-state index is 11.6. The molecule has 170 valence electrons. The van der Waals surface area contributed by atoms with Gasteiger partial charge in [-0.2, -0.15) is 0 Å². The van der Waals surface area contributed by atoms with Gasteiger partial charge in [0.2, 0.25) is 0 Å². The molecule has 0 aliphatic rings. The first-order chi connectivity index (χ1) is 15.9. The van der Waals surface area contributed by atoms with Crippen molar-refractivity contribution in [2.75, 3.05) is 14.2 Å². The smallest absolute Gasteiger partial charge is 0.340 e. The Balaban J connectivity index is 0.000000186. The highest BCUT2D eigenvalue weighted by molar-refractivity contribution is 6.07. The number of esters is 2. The number of nitrogens with zero attached hydrogens (tertiary/aromatic N) is 7. The minimum atomic E-state index is -0.479. The van der Waals surface area contributed by atoms with E-state index in [4.69, 9.17) is 5.21 Å². The number of oxime groups is 1. The highest BCUT2D eigenvalue weighted by atomic mass is 16.5. The van der Waals surface area contributed by atoms with E-state index < -0.39 is 11.9 Å². The minimum Gasteiger partial charge on any atom is -0.465 e. The van der Waals surface area contributed by atoms with Gasteiger partial charge in [-0.05, 0) is 18.2 Å². The van der Waals surface area contributed by atoms with Crippen molar-refractivity contribution in [3.05, 3.63) is 46.5 Å². The molecular weight excluding hydrogens is 434 g/mol. The number of aldehydes is 1. The summed E-state index contributed by atoms with van der Waals surface area (Å²) in [5.41, 5.74) is 3.60. The zero-order valence-electron chi connectivity index (χ0n) is 18.1. The number of fused-ring (bicyclic) bond motifs is 2. The van der Waals surface area contributed by atoms with E-state index in [9.17, 15) is 14.4 Å². The maximum atomic E-state index is 11.6. The van der Waals surface area contributed by atoms with E-state index in [2.05, 4.69) is 35.3 Å². The van der Waals surface area contributed by atoms with Crippen molar-refractivity contribution in [2.45, 2.75) is 0 Å². The number of aryl methyl sites for hydroxylation is 2. The lowest BCUT2D eigenvalue weighted by Gasteiger charge is -2.03. The first kappa shape index (κ1) is 23.0. The van der Waals surface area contributed by atoms with Gasteiger partial charge in [-0.1, -0.05) is 21.6 Å². The molecule has 0 fully saturated rings. The molecule has 13 nitrogen and oxygen atoms in total. The van der Waals surface area contributed by atoms with Crippen LogP contribution in [0.5, 0.6) is 0 Å². The van der Waals surface area contributed by atoms with Gasteiger partial charge in [0.05, 0.1) is 31.6 Å². The van der Waals surface area contributed by atoms with Crippen molar-refractivity contribution in [1.82, 2.24) is 30.0 Å². The fourth-order valence-corrected chi connectivity index (χ4v) is 3.18. The van der Waals surface area contributed by atoms with E-state index in [1.54, 1.807) is 26.2 Å². The summed E-state index contributed by atoms with van der Waals surface area (Å²) >= 11 is 0. The fourth-order valence-electron chi connectivity index (χ4n) is 3.18. The lowest BCUT2D eigenvalue weighted by Crippen LogP contribution is -2.05. The highest BCUT2D eigenvalue weighted by Crippen LogP contribution is 2.21. The second kappa shape index (κ2) is 9.64. The van der Waals surface area contributed by atoms with Crippen LogP contribution in [0.15, 0.2) is 29.4 Å². The monoisotopic (exact) mass is 453 g/mol. The zero-order chi connectivity index (χ0) is 24.1. The van der Waals surface area contributed by atoms with Gasteiger partial charge in [0.1, 0.15) is 22.1 Å². The highest BCUT2D eigenvalue weighted by Gasteiger charge is 2.18. The minimum absolute atomic E-state index is 0.343. The van der Waals surface area contributed by atoms with E-state index in [1.807, 2.05) is 0 Å². The Kier molecular flexibility index (Phi) is 6.71. The maximum Gasteiger partial charge on any atom is 0.340 e. The lowest BCUT2D eigenvalue weighted by molar-refractivity contribution is 0.0593. The number of methoxy groups -OCH3 is 2. The molecule has 0 saturated heterocycles. The molecule has 1 N–H and O–H groups in total. The molecule has 0 aliphatic heterocycles. The molecule has 33 heavy (non-hydrogen) atoms. The third-order valence-electron chi connectivity index (χ3n) is 4.70. The number of ether oxygens (including phenoxy) is 2. The first-order valence-electron chi connectivity index (χ1n) is 9.31. The van der Waals surface area contributed by atoms with Crippen molar-refractivity contribution in [3.63, 3.8) is 0 Å². The molecule has 2 heterocycles. The molecule has 13 heteroatoms. The quantitative estimate of drug-likeness (QED) is 0.156. The summed E-state index contributed by atoms with van der Waals surface area (Å²) < 4.78 is 12.2. The van der Waals surface area contributed by atoms with Crippen LogP contribution in [-0.4, -0.2) is 73.9 Å². The summed E-state index contributed by atoms with van der Waals surface area (Å²) in [6.45, 7) is 0. The molecular formula is C20H19N7O6. The summed E-state index contributed by atoms with van der Waals surface area (Å²) in [4.78, 5) is 33.9. The molecule has 2 aromatic heterocycles. The summed E-state index contributed by atoms with van der Waals surface area (Å²) in [5.74, 6) is -0.944. The van der Waals surface area contributed by atoms with E-state index in [-0.39, 0.29) is 0 Å². The number of rotatable bonds is 4. The van der Waals surface area contributed by atoms with Crippen LogP contribution in [0.2, 0.25) is 0 Å². The Morgan fingerprint density at radius 2 is 1.33 bits per heavy atom. The van der Waals surface area contributed by atoms with Crippen LogP contribution >= 0.6 is 0 Å². The molecule has 0 amide bonds. The molecule has 4 rings (SSSR count). The van der Waals surface area contributed by atoms with Crippen molar-refractivity contribution in [3.8, 4) is 0 Å². The SMILES string of the molecule is COC(=O)c1ccc(/C=N/O)c2nnn(C)c12.COC(=O)c1ccc(C=O)c2nnn(C)c12. The number of carbonyl (C=O) groups excluding carboxylic acids is 3. The van der Waals surface area contributed by atoms with Crippen LogP contribution in [-0.2, 0) is 23.6 Å². The van der Waals surface area contributed by atoms with Crippen molar-refractivity contribution in [1.29, 1.82) is 0 Å². The average Bonchev–Trinajstić information content (AvgIpc) is 3.42. The van der Waals surface area contributed by atoms with Gasteiger partial charge in [-0.3, -0.25) is 4.79 Å². The topological polar surface area (TPSA) is 164 Å². The van der Waals surface area contributed by atoms with E-state index in [1.165, 1.54) is 41.9 Å². The molecule has 4 aromatic rings.